The topological polar surface area (TPSA) is 63.6 Å². The molecule has 0 heterocycles. The molecule has 0 saturated heterocycles. The van der Waals surface area contributed by atoms with Crippen LogP contribution in [0.4, 0.5) is 0 Å². The summed E-state index contributed by atoms with van der Waals surface area (Å²) in [5.74, 6) is 0.812. The zero-order valence-electron chi connectivity index (χ0n) is 14.7. The second-order valence-corrected chi connectivity index (χ2v) is 8.68. The first kappa shape index (κ1) is 16.3. The summed E-state index contributed by atoms with van der Waals surface area (Å²) in [7, 11) is 0. The highest BCUT2D eigenvalue weighted by Crippen LogP contribution is 2.65. The van der Waals surface area contributed by atoms with E-state index in [1.807, 2.05) is 6.08 Å². The Bertz CT molecular complexity index is 609. The predicted octanol–water partition coefficient (Wildman–Crippen LogP) is 3.38. The quantitative estimate of drug-likeness (QED) is 0.590. The molecule has 0 radical (unpaired) electrons. The van der Waals surface area contributed by atoms with E-state index in [0.717, 1.165) is 38.5 Å². The van der Waals surface area contributed by atoms with Crippen LogP contribution in [-0.4, -0.2) is 22.6 Å². The number of hydrogen-bond donors (Lipinski definition) is 1. The first-order valence-corrected chi connectivity index (χ1v) is 9.49. The molecular weight excluding hydrogens is 304 g/mol. The zero-order valence-corrected chi connectivity index (χ0v) is 14.7. The van der Waals surface area contributed by atoms with E-state index >= 15 is 0 Å². The molecule has 0 aliphatic heterocycles. The fourth-order valence-electron chi connectivity index (χ4n) is 6.56. The maximum Gasteiger partial charge on any atom is 0.305 e. The van der Waals surface area contributed by atoms with Crippen LogP contribution >= 0.6 is 0 Å². The molecule has 1 N–H and O–H groups in total. The predicted molar refractivity (Wildman–Crippen MR) is 88.8 cm³/mol. The maximum atomic E-state index is 11.7. The summed E-state index contributed by atoms with van der Waals surface area (Å²) in [6, 6.07) is 0. The average molecular weight is 332 g/mol. The van der Waals surface area contributed by atoms with E-state index in [9.17, 15) is 14.7 Å². The Morgan fingerprint density at radius 1 is 1.17 bits per heavy atom. The van der Waals surface area contributed by atoms with Crippen LogP contribution in [0.3, 0.4) is 0 Å². The Kier molecular flexibility index (Phi) is 3.68. The second kappa shape index (κ2) is 5.42. The molecule has 3 saturated carbocycles. The Labute approximate surface area is 143 Å². The van der Waals surface area contributed by atoms with E-state index in [2.05, 4.69) is 6.92 Å². The third kappa shape index (κ3) is 2.22. The number of carbonyl (C=O) groups excluding carboxylic acids is 2. The molecule has 24 heavy (non-hydrogen) atoms. The van der Waals surface area contributed by atoms with Gasteiger partial charge in [0.1, 0.15) is 0 Å². The minimum absolute atomic E-state index is 0.297. The van der Waals surface area contributed by atoms with Crippen molar-refractivity contribution in [1.29, 1.82) is 0 Å². The number of esters is 1. The summed E-state index contributed by atoms with van der Waals surface area (Å²) in [4.78, 5) is 23.2. The largest absolute Gasteiger partial charge is 0.433 e. The van der Waals surface area contributed by atoms with Gasteiger partial charge in [-0.2, -0.15) is 0 Å². The summed E-state index contributed by atoms with van der Waals surface area (Å²) in [5.41, 5.74) is 1.05. The van der Waals surface area contributed by atoms with Gasteiger partial charge in [0, 0.05) is 25.2 Å². The van der Waals surface area contributed by atoms with Crippen molar-refractivity contribution in [3.63, 3.8) is 0 Å². The van der Waals surface area contributed by atoms with Crippen molar-refractivity contribution < 1.29 is 19.4 Å². The molecule has 4 heteroatoms. The molecule has 0 aromatic carbocycles. The summed E-state index contributed by atoms with van der Waals surface area (Å²) >= 11 is 0. The van der Waals surface area contributed by atoms with Gasteiger partial charge in [0.2, 0.25) is 5.79 Å². The van der Waals surface area contributed by atoms with Crippen molar-refractivity contribution >= 4 is 11.8 Å². The molecule has 0 aromatic heterocycles. The van der Waals surface area contributed by atoms with Gasteiger partial charge in [-0.1, -0.05) is 12.5 Å². The lowest BCUT2D eigenvalue weighted by Gasteiger charge is -2.54. The van der Waals surface area contributed by atoms with Gasteiger partial charge in [-0.15, -0.1) is 0 Å². The van der Waals surface area contributed by atoms with Crippen molar-refractivity contribution in [3.05, 3.63) is 11.6 Å². The van der Waals surface area contributed by atoms with Gasteiger partial charge in [0.15, 0.2) is 5.78 Å². The van der Waals surface area contributed by atoms with Gasteiger partial charge in [-0.05, 0) is 68.3 Å². The minimum Gasteiger partial charge on any atom is -0.433 e. The maximum absolute atomic E-state index is 11.7. The Hall–Kier alpha value is -1.16. The van der Waals surface area contributed by atoms with E-state index in [1.165, 1.54) is 12.5 Å². The van der Waals surface area contributed by atoms with Gasteiger partial charge in [-0.25, -0.2) is 0 Å². The number of fused-ring (bicyclic) bond motifs is 5. The first-order chi connectivity index (χ1) is 11.3. The van der Waals surface area contributed by atoms with Gasteiger partial charge in [-0.3, -0.25) is 9.59 Å². The summed E-state index contributed by atoms with van der Waals surface area (Å²) < 4.78 is 5.43. The van der Waals surface area contributed by atoms with Gasteiger partial charge < -0.3 is 9.84 Å². The van der Waals surface area contributed by atoms with E-state index in [4.69, 9.17) is 4.74 Å². The van der Waals surface area contributed by atoms with Crippen LogP contribution in [0.25, 0.3) is 0 Å². The molecule has 0 unspecified atom stereocenters. The molecule has 0 aromatic rings. The van der Waals surface area contributed by atoms with Gasteiger partial charge >= 0.3 is 5.97 Å². The summed E-state index contributed by atoms with van der Waals surface area (Å²) in [5, 5.41) is 11.1. The number of aliphatic hydroxyl groups is 1. The fraction of sp³-hybridized carbons (Fsp3) is 0.800. The third-order valence-corrected chi connectivity index (χ3v) is 7.69. The second-order valence-electron chi connectivity index (χ2n) is 8.68. The highest BCUT2D eigenvalue weighted by atomic mass is 16.7. The number of carbonyl (C=O) groups is 2. The minimum atomic E-state index is -1.30. The third-order valence-electron chi connectivity index (χ3n) is 7.69. The normalized spacial score (nSPS) is 47.3. The van der Waals surface area contributed by atoms with Crippen molar-refractivity contribution in [1.82, 2.24) is 0 Å². The zero-order chi connectivity index (χ0) is 17.1. The van der Waals surface area contributed by atoms with Crippen LogP contribution < -0.4 is 0 Å². The van der Waals surface area contributed by atoms with Gasteiger partial charge in [0.25, 0.3) is 0 Å². The lowest BCUT2D eigenvalue weighted by Crippen LogP contribution is -2.54. The fourth-order valence-corrected chi connectivity index (χ4v) is 6.56. The molecule has 3 fully saturated rings. The Morgan fingerprint density at radius 2 is 1.96 bits per heavy atom. The number of rotatable bonds is 1. The Morgan fingerprint density at radius 3 is 2.71 bits per heavy atom. The monoisotopic (exact) mass is 332 g/mol. The number of hydrogen-bond acceptors (Lipinski definition) is 4. The van der Waals surface area contributed by atoms with Crippen LogP contribution in [0.15, 0.2) is 11.6 Å². The molecule has 132 valence electrons. The van der Waals surface area contributed by atoms with E-state index in [0.29, 0.717) is 42.3 Å². The molecule has 0 amide bonds. The molecule has 0 bridgehead atoms. The molecule has 4 aliphatic carbocycles. The van der Waals surface area contributed by atoms with Gasteiger partial charge in [0.05, 0.1) is 0 Å². The number of ether oxygens (including phenoxy) is 1. The van der Waals surface area contributed by atoms with Crippen LogP contribution in [0, 0.1) is 29.1 Å². The summed E-state index contributed by atoms with van der Waals surface area (Å²) in [6.45, 7) is 3.51. The SMILES string of the molecule is CC(=O)O[C@@]1(O)CC[C@H]2[C@@H]3CCC4=CC(=O)CC[C@@H]4[C@H]3CC[C@@]21C. The van der Waals surface area contributed by atoms with E-state index in [1.54, 1.807) is 0 Å². The number of ketones is 1. The van der Waals surface area contributed by atoms with Crippen molar-refractivity contribution in [2.45, 2.75) is 71.0 Å². The summed E-state index contributed by atoms with van der Waals surface area (Å²) in [6.07, 6.45) is 9.21. The highest BCUT2D eigenvalue weighted by molar-refractivity contribution is 5.91. The molecule has 4 aliphatic rings. The van der Waals surface area contributed by atoms with Crippen LogP contribution in [0.5, 0.6) is 0 Å². The van der Waals surface area contributed by atoms with E-state index in [-0.39, 0.29) is 11.4 Å². The van der Waals surface area contributed by atoms with Crippen molar-refractivity contribution in [3.8, 4) is 0 Å². The molecule has 6 atom stereocenters. The number of allylic oxidation sites excluding steroid dienone is 1. The van der Waals surface area contributed by atoms with Crippen LogP contribution in [-0.2, 0) is 14.3 Å². The standard InChI is InChI=1S/C20H28O4/c1-12(21)24-20(23)10-8-18-17-5-3-13-11-14(22)4-6-15(13)16(17)7-9-19(18,20)2/h11,15-18,23H,3-10H2,1-2H3/t15-,16+,17+,18-,19-,20-/m0/s1. The van der Waals surface area contributed by atoms with E-state index < -0.39 is 5.79 Å². The molecule has 4 nitrogen and oxygen atoms in total. The van der Waals surface area contributed by atoms with Crippen molar-refractivity contribution in [2.24, 2.45) is 29.1 Å². The lowest BCUT2D eigenvalue weighted by molar-refractivity contribution is -0.261. The first-order valence-electron chi connectivity index (χ1n) is 9.49. The molecule has 4 rings (SSSR count). The van der Waals surface area contributed by atoms with Crippen LogP contribution in [0.2, 0.25) is 0 Å². The highest BCUT2D eigenvalue weighted by Gasteiger charge is 2.64. The smallest absolute Gasteiger partial charge is 0.305 e. The molecule has 0 spiro atoms. The van der Waals surface area contributed by atoms with Crippen molar-refractivity contribution in [2.75, 3.05) is 0 Å². The average Bonchev–Trinajstić information content (AvgIpc) is 2.77. The van der Waals surface area contributed by atoms with Crippen LogP contribution in [0.1, 0.15) is 65.2 Å². The Balaban J connectivity index is 1.61. The molecular formula is C20H28O4. The lowest BCUT2D eigenvalue weighted by atomic mass is 9.51.